The number of amides is 1. The number of benzene rings is 1. The monoisotopic (exact) mass is 357 g/mol. The largest absolute Gasteiger partial charge is 0.465 e. The van der Waals surface area contributed by atoms with Gasteiger partial charge in [0, 0.05) is 13.5 Å². The molecule has 0 saturated carbocycles. The van der Waals surface area contributed by atoms with E-state index in [-0.39, 0.29) is 12.5 Å². The van der Waals surface area contributed by atoms with Crippen LogP contribution in [0.2, 0.25) is 0 Å². The van der Waals surface area contributed by atoms with E-state index in [9.17, 15) is 14.4 Å². The van der Waals surface area contributed by atoms with E-state index < -0.39 is 18.0 Å². The molecule has 1 amide bonds. The summed E-state index contributed by atoms with van der Waals surface area (Å²) < 4.78 is 15.5. The first-order valence-electron chi connectivity index (χ1n) is 8.12. The van der Waals surface area contributed by atoms with Crippen molar-refractivity contribution >= 4 is 17.8 Å². The Kier molecular flexibility index (Phi) is 4.79. The molecule has 0 spiro atoms. The predicted octanol–water partition coefficient (Wildman–Crippen LogP) is 2.11. The first-order valence-corrected chi connectivity index (χ1v) is 8.12. The molecule has 2 heterocycles. The van der Waals surface area contributed by atoms with Crippen LogP contribution in [-0.4, -0.2) is 43.0 Å². The summed E-state index contributed by atoms with van der Waals surface area (Å²) in [5.74, 6) is -0.460. The van der Waals surface area contributed by atoms with Gasteiger partial charge in [-0.15, -0.1) is 0 Å². The number of hydrogen-bond acceptors (Lipinski definition) is 6. The van der Waals surface area contributed by atoms with Gasteiger partial charge in [-0.05, 0) is 24.6 Å². The van der Waals surface area contributed by atoms with Crippen molar-refractivity contribution in [2.75, 3.05) is 14.2 Å². The van der Waals surface area contributed by atoms with Crippen molar-refractivity contribution in [1.29, 1.82) is 0 Å². The van der Waals surface area contributed by atoms with Crippen molar-refractivity contribution in [1.82, 2.24) is 4.90 Å². The molecule has 1 aromatic carbocycles. The van der Waals surface area contributed by atoms with E-state index in [0.717, 1.165) is 5.56 Å². The van der Waals surface area contributed by atoms with E-state index in [0.29, 0.717) is 29.1 Å². The zero-order valence-corrected chi connectivity index (χ0v) is 14.8. The standard InChI is InChI=1S/C19H19NO6/c1-11-15(18(22)24-3)9-13(25-11)10-20(2)17(21)16-8-12-6-4-5-7-14(12)19(23)26-16/h4-7,9,16H,8,10H2,1-3H3/t16-/m1/s1. The van der Waals surface area contributed by atoms with E-state index in [1.807, 2.05) is 12.1 Å². The molecule has 1 aliphatic rings. The lowest BCUT2D eigenvalue weighted by Crippen LogP contribution is -2.42. The molecule has 0 bridgehead atoms. The predicted molar refractivity (Wildman–Crippen MR) is 90.6 cm³/mol. The normalized spacial score (nSPS) is 15.8. The number of carbonyl (C=O) groups is 3. The highest BCUT2D eigenvalue weighted by Crippen LogP contribution is 2.22. The number of hydrogen-bond donors (Lipinski definition) is 0. The van der Waals surface area contributed by atoms with Crippen LogP contribution in [0.25, 0.3) is 0 Å². The third kappa shape index (κ3) is 3.33. The number of ether oxygens (including phenoxy) is 2. The molecular weight excluding hydrogens is 338 g/mol. The molecule has 0 aliphatic carbocycles. The molecule has 2 aromatic rings. The zero-order chi connectivity index (χ0) is 18.8. The summed E-state index contributed by atoms with van der Waals surface area (Å²) in [6.45, 7) is 1.80. The molecule has 0 radical (unpaired) electrons. The Balaban J connectivity index is 1.71. The van der Waals surface area contributed by atoms with Crippen LogP contribution < -0.4 is 0 Å². The third-order valence-electron chi connectivity index (χ3n) is 4.31. The van der Waals surface area contributed by atoms with Crippen LogP contribution in [-0.2, 0) is 27.2 Å². The average Bonchev–Trinajstić information content (AvgIpc) is 3.00. The van der Waals surface area contributed by atoms with Crippen LogP contribution in [0.1, 0.15) is 37.8 Å². The van der Waals surface area contributed by atoms with Crippen LogP contribution in [0.15, 0.2) is 34.7 Å². The van der Waals surface area contributed by atoms with Crippen molar-refractivity contribution in [3.63, 3.8) is 0 Å². The van der Waals surface area contributed by atoms with Crippen LogP contribution >= 0.6 is 0 Å². The van der Waals surface area contributed by atoms with Crippen molar-refractivity contribution < 1.29 is 28.3 Å². The Morgan fingerprint density at radius 3 is 2.77 bits per heavy atom. The molecule has 7 nitrogen and oxygen atoms in total. The van der Waals surface area contributed by atoms with Gasteiger partial charge in [0.1, 0.15) is 17.1 Å². The number of nitrogens with zero attached hydrogens (tertiary/aromatic N) is 1. The molecule has 0 saturated heterocycles. The lowest BCUT2D eigenvalue weighted by Gasteiger charge is -2.27. The second kappa shape index (κ2) is 7.03. The van der Waals surface area contributed by atoms with Gasteiger partial charge in [-0.2, -0.15) is 0 Å². The summed E-state index contributed by atoms with van der Waals surface area (Å²) in [4.78, 5) is 37.8. The minimum Gasteiger partial charge on any atom is -0.465 e. The SMILES string of the molecule is COC(=O)c1cc(CN(C)C(=O)[C@H]2Cc3ccccc3C(=O)O2)oc1C. The van der Waals surface area contributed by atoms with Crippen molar-refractivity contribution in [2.45, 2.75) is 26.0 Å². The fourth-order valence-electron chi connectivity index (χ4n) is 2.96. The van der Waals surface area contributed by atoms with Gasteiger partial charge in [-0.1, -0.05) is 18.2 Å². The summed E-state index contributed by atoms with van der Waals surface area (Å²) in [6, 6.07) is 8.62. The highest BCUT2D eigenvalue weighted by Gasteiger charge is 2.33. The number of aryl methyl sites for hydroxylation is 1. The molecule has 1 aliphatic heterocycles. The van der Waals surface area contributed by atoms with Gasteiger partial charge >= 0.3 is 11.9 Å². The minimum absolute atomic E-state index is 0.145. The molecule has 7 heteroatoms. The molecule has 1 aromatic heterocycles. The van der Waals surface area contributed by atoms with E-state index in [1.165, 1.54) is 12.0 Å². The lowest BCUT2D eigenvalue weighted by atomic mass is 9.98. The van der Waals surface area contributed by atoms with Crippen LogP contribution in [0.5, 0.6) is 0 Å². The summed E-state index contributed by atoms with van der Waals surface area (Å²) >= 11 is 0. The Morgan fingerprint density at radius 2 is 2.04 bits per heavy atom. The highest BCUT2D eigenvalue weighted by molar-refractivity contribution is 5.95. The molecule has 136 valence electrons. The molecule has 0 fully saturated rings. The molecular formula is C19H19NO6. The number of rotatable bonds is 4. The smallest absolute Gasteiger partial charge is 0.341 e. The number of methoxy groups -OCH3 is 1. The first-order chi connectivity index (χ1) is 12.4. The van der Waals surface area contributed by atoms with Crippen LogP contribution in [0.3, 0.4) is 0 Å². The number of furan rings is 1. The number of cyclic esters (lactones) is 1. The van der Waals surface area contributed by atoms with Crippen LogP contribution in [0.4, 0.5) is 0 Å². The first kappa shape index (κ1) is 17.7. The highest BCUT2D eigenvalue weighted by atomic mass is 16.5. The zero-order valence-electron chi connectivity index (χ0n) is 14.8. The van der Waals surface area contributed by atoms with Crippen LogP contribution in [0, 0.1) is 6.92 Å². The Labute approximate surface area is 150 Å². The van der Waals surface area contributed by atoms with Gasteiger partial charge in [-0.3, -0.25) is 4.79 Å². The molecule has 0 unspecified atom stereocenters. The lowest BCUT2D eigenvalue weighted by molar-refractivity contribution is -0.140. The van der Waals surface area contributed by atoms with E-state index in [4.69, 9.17) is 9.15 Å². The van der Waals surface area contributed by atoms with Gasteiger partial charge in [0.15, 0.2) is 6.10 Å². The van der Waals surface area contributed by atoms with Gasteiger partial charge in [-0.25, -0.2) is 9.59 Å². The number of carbonyl (C=O) groups excluding carboxylic acids is 3. The summed E-state index contributed by atoms with van der Waals surface area (Å²) in [5.41, 5.74) is 1.60. The van der Waals surface area contributed by atoms with Gasteiger partial charge in [0.25, 0.3) is 5.91 Å². The van der Waals surface area contributed by atoms with Crippen molar-refractivity contribution in [2.24, 2.45) is 0 Å². The van der Waals surface area contributed by atoms with E-state index in [1.54, 1.807) is 32.2 Å². The molecule has 3 rings (SSSR count). The second-order valence-corrected chi connectivity index (χ2v) is 6.12. The Bertz CT molecular complexity index is 869. The molecule has 0 N–H and O–H groups in total. The molecule has 1 atom stereocenters. The third-order valence-corrected chi connectivity index (χ3v) is 4.31. The summed E-state index contributed by atoms with van der Waals surface area (Å²) in [5, 5.41) is 0. The number of likely N-dealkylation sites (N-methyl/N-ethyl adjacent to an activating group) is 1. The number of fused-ring (bicyclic) bond motifs is 1. The van der Waals surface area contributed by atoms with Crippen molar-refractivity contribution in [3.8, 4) is 0 Å². The average molecular weight is 357 g/mol. The fraction of sp³-hybridized carbons (Fsp3) is 0.316. The maximum Gasteiger partial charge on any atom is 0.341 e. The fourth-order valence-corrected chi connectivity index (χ4v) is 2.96. The van der Waals surface area contributed by atoms with E-state index in [2.05, 4.69) is 4.74 Å². The Morgan fingerprint density at radius 1 is 1.31 bits per heavy atom. The molecule has 26 heavy (non-hydrogen) atoms. The maximum atomic E-state index is 12.7. The number of esters is 2. The summed E-state index contributed by atoms with van der Waals surface area (Å²) in [7, 11) is 2.88. The quantitative estimate of drug-likeness (QED) is 0.779. The summed E-state index contributed by atoms with van der Waals surface area (Å²) in [6.07, 6.45) is -0.547. The van der Waals surface area contributed by atoms with Gasteiger partial charge in [0.2, 0.25) is 0 Å². The Hall–Kier alpha value is -3.09. The second-order valence-electron chi connectivity index (χ2n) is 6.12. The maximum absolute atomic E-state index is 12.7. The van der Waals surface area contributed by atoms with Crippen molar-refractivity contribution in [3.05, 3.63) is 58.5 Å². The van der Waals surface area contributed by atoms with Gasteiger partial charge in [0.05, 0.1) is 19.2 Å². The van der Waals surface area contributed by atoms with Gasteiger partial charge < -0.3 is 18.8 Å². The minimum atomic E-state index is -0.876. The van der Waals surface area contributed by atoms with E-state index >= 15 is 0 Å². The topological polar surface area (TPSA) is 86.0 Å².